The van der Waals surface area contributed by atoms with E-state index in [4.69, 9.17) is 5.73 Å². The van der Waals surface area contributed by atoms with Crippen LogP contribution < -0.4 is 5.73 Å². The molecular formula is C8H10N2O. The lowest BCUT2D eigenvalue weighted by molar-refractivity contribution is 0.215. The fourth-order valence-corrected chi connectivity index (χ4v) is 0.696. The minimum absolute atomic E-state index is 0.750. The lowest BCUT2D eigenvalue weighted by Gasteiger charge is -1.92. The number of anilines is 1. The van der Waals surface area contributed by atoms with Crippen LogP contribution in [0, 0.1) is 0 Å². The van der Waals surface area contributed by atoms with E-state index in [-0.39, 0.29) is 0 Å². The van der Waals surface area contributed by atoms with E-state index in [1.807, 2.05) is 24.3 Å². The first-order valence-electron chi connectivity index (χ1n) is 3.25. The summed E-state index contributed by atoms with van der Waals surface area (Å²) in [6, 6.07) is 7.38. The molecule has 1 aromatic carbocycles. The van der Waals surface area contributed by atoms with Gasteiger partial charge in [0.25, 0.3) is 0 Å². The molecule has 2 N–H and O–H groups in total. The average Bonchev–Trinajstić information content (AvgIpc) is 2.04. The molecule has 0 aromatic heterocycles. The minimum atomic E-state index is 0.750. The molecular weight excluding hydrogens is 140 g/mol. The molecule has 0 fully saturated rings. The largest absolute Gasteiger partial charge is 0.399 e. The molecule has 0 heterocycles. The summed E-state index contributed by atoms with van der Waals surface area (Å²) in [4.78, 5) is 4.51. The Kier molecular flexibility index (Phi) is 2.49. The van der Waals surface area contributed by atoms with Gasteiger partial charge in [-0.25, -0.2) is 0 Å². The number of rotatable bonds is 2. The Hall–Kier alpha value is -1.51. The molecule has 0 aliphatic carbocycles. The first kappa shape index (κ1) is 7.60. The van der Waals surface area contributed by atoms with E-state index >= 15 is 0 Å². The van der Waals surface area contributed by atoms with Gasteiger partial charge in [-0.2, -0.15) is 0 Å². The van der Waals surface area contributed by atoms with Crippen molar-refractivity contribution in [2.24, 2.45) is 5.16 Å². The van der Waals surface area contributed by atoms with Crippen LogP contribution in [0.15, 0.2) is 29.4 Å². The smallest absolute Gasteiger partial charge is 0.106 e. The van der Waals surface area contributed by atoms with Crippen molar-refractivity contribution in [1.29, 1.82) is 0 Å². The number of hydrogen-bond donors (Lipinski definition) is 1. The number of nitrogens with two attached hydrogens (primary N) is 1. The van der Waals surface area contributed by atoms with Crippen LogP contribution in [0.4, 0.5) is 5.69 Å². The van der Waals surface area contributed by atoms with Gasteiger partial charge in [0.2, 0.25) is 0 Å². The van der Waals surface area contributed by atoms with Gasteiger partial charge in [0.15, 0.2) is 0 Å². The zero-order valence-electron chi connectivity index (χ0n) is 6.32. The van der Waals surface area contributed by atoms with Crippen LogP contribution in [-0.2, 0) is 4.84 Å². The van der Waals surface area contributed by atoms with Crippen molar-refractivity contribution in [3.63, 3.8) is 0 Å². The van der Waals surface area contributed by atoms with E-state index in [0.717, 1.165) is 11.3 Å². The third-order valence-electron chi connectivity index (χ3n) is 1.24. The van der Waals surface area contributed by atoms with E-state index in [2.05, 4.69) is 9.99 Å². The minimum Gasteiger partial charge on any atom is -0.399 e. The molecule has 3 nitrogen and oxygen atoms in total. The summed E-state index contributed by atoms with van der Waals surface area (Å²) in [7, 11) is 1.51. The Bertz CT molecular complexity index is 241. The van der Waals surface area contributed by atoms with Crippen molar-refractivity contribution in [1.82, 2.24) is 0 Å². The molecule has 0 saturated carbocycles. The lowest BCUT2D eigenvalue weighted by Crippen LogP contribution is -1.85. The topological polar surface area (TPSA) is 47.6 Å². The Morgan fingerprint density at radius 3 is 2.55 bits per heavy atom. The Morgan fingerprint density at radius 2 is 2.00 bits per heavy atom. The Labute approximate surface area is 65.5 Å². The molecule has 0 spiro atoms. The van der Waals surface area contributed by atoms with Gasteiger partial charge in [0.1, 0.15) is 7.11 Å². The number of nitrogen functional groups attached to an aromatic ring is 1. The highest BCUT2D eigenvalue weighted by Gasteiger charge is 1.85. The van der Waals surface area contributed by atoms with E-state index in [1.54, 1.807) is 6.21 Å². The van der Waals surface area contributed by atoms with Crippen molar-refractivity contribution in [3.05, 3.63) is 29.8 Å². The summed E-state index contributed by atoms with van der Waals surface area (Å²) in [6.45, 7) is 0. The molecule has 0 amide bonds. The van der Waals surface area contributed by atoms with Gasteiger partial charge in [-0.1, -0.05) is 17.3 Å². The van der Waals surface area contributed by atoms with Crippen molar-refractivity contribution >= 4 is 11.9 Å². The van der Waals surface area contributed by atoms with Crippen LogP contribution in [0.5, 0.6) is 0 Å². The molecule has 0 radical (unpaired) electrons. The molecule has 1 rings (SSSR count). The highest BCUT2D eigenvalue weighted by Crippen LogP contribution is 2.02. The normalized spacial score (nSPS) is 10.3. The molecule has 0 saturated heterocycles. The van der Waals surface area contributed by atoms with Crippen molar-refractivity contribution in [3.8, 4) is 0 Å². The molecule has 11 heavy (non-hydrogen) atoms. The highest BCUT2D eigenvalue weighted by molar-refractivity contribution is 5.79. The summed E-state index contributed by atoms with van der Waals surface area (Å²) in [5.74, 6) is 0. The quantitative estimate of drug-likeness (QED) is 0.392. The van der Waals surface area contributed by atoms with Gasteiger partial charge < -0.3 is 10.6 Å². The van der Waals surface area contributed by atoms with Crippen LogP contribution in [-0.4, -0.2) is 13.3 Å². The average molecular weight is 150 g/mol. The molecule has 1 aromatic rings. The molecule has 58 valence electrons. The summed E-state index contributed by atoms with van der Waals surface area (Å²) >= 11 is 0. The second kappa shape index (κ2) is 3.61. The maximum absolute atomic E-state index is 5.48. The van der Waals surface area contributed by atoms with Gasteiger partial charge in [-0.05, 0) is 17.7 Å². The van der Waals surface area contributed by atoms with Gasteiger partial charge in [0.05, 0.1) is 6.21 Å². The van der Waals surface area contributed by atoms with Gasteiger partial charge in [-0.15, -0.1) is 0 Å². The molecule has 0 aliphatic rings. The van der Waals surface area contributed by atoms with Gasteiger partial charge in [0, 0.05) is 5.69 Å². The summed E-state index contributed by atoms with van der Waals surface area (Å²) in [5.41, 5.74) is 7.20. The van der Waals surface area contributed by atoms with E-state index < -0.39 is 0 Å². The standard InChI is InChI=1S/C8H10N2O/c1-11-10-6-7-2-4-8(9)5-3-7/h2-6H,9H2,1H3/b10-6+. The summed E-state index contributed by atoms with van der Waals surface area (Å²) in [6.07, 6.45) is 1.62. The highest BCUT2D eigenvalue weighted by atomic mass is 16.6. The molecule has 0 aliphatic heterocycles. The predicted octanol–water partition coefficient (Wildman–Crippen LogP) is 1.25. The van der Waals surface area contributed by atoms with E-state index in [9.17, 15) is 0 Å². The van der Waals surface area contributed by atoms with Crippen molar-refractivity contribution in [2.45, 2.75) is 0 Å². The Morgan fingerprint density at radius 1 is 1.36 bits per heavy atom. The third kappa shape index (κ3) is 2.29. The first-order valence-corrected chi connectivity index (χ1v) is 3.25. The monoisotopic (exact) mass is 150 g/mol. The molecule has 0 unspecified atom stereocenters. The lowest BCUT2D eigenvalue weighted by atomic mass is 10.2. The zero-order valence-corrected chi connectivity index (χ0v) is 6.32. The van der Waals surface area contributed by atoms with Gasteiger partial charge in [-0.3, -0.25) is 0 Å². The number of hydrogen-bond acceptors (Lipinski definition) is 3. The van der Waals surface area contributed by atoms with Crippen molar-refractivity contribution in [2.75, 3.05) is 12.8 Å². The number of oxime groups is 1. The van der Waals surface area contributed by atoms with E-state index in [1.165, 1.54) is 7.11 Å². The maximum atomic E-state index is 5.48. The summed E-state index contributed by atoms with van der Waals surface area (Å²) < 4.78 is 0. The molecule has 0 atom stereocenters. The van der Waals surface area contributed by atoms with Crippen LogP contribution in [0.2, 0.25) is 0 Å². The first-order chi connectivity index (χ1) is 5.33. The SMILES string of the molecule is CO/N=C/c1ccc(N)cc1. The number of nitrogens with zero attached hydrogens (tertiary/aromatic N) is 1. The summed E-state index contributed by atoms with van der Waals surface area (Å²) in [5, 5.41) is 3.61. The predicted molar refractivity (Wildman–Crippen MR) is 45.5 cm³/mol. The van der Waals surface area contributed by atoms with Crippen LogP contribution in [0.1, 0.15) is 5.56 Å². The van der Waals surface area contributed by atoms with E-state index in [0.29, 0.717) is 0 Å². The van der Waals surface area contributed by atoms with Crippen LogP contribution in [0.3, 0.4) is 0 Å². The molecule has 3 heteroatoms. The van der Waals surface area contributed by atoms with Gasteiger partial charge >= 0.3 is 0 Å². The maximum Gasteiger partial charge on any atom is 0.106 e. The number of benzene rings is 1. The van der Waals surface area contributed by atoms with Crippen LogP contribution >= 0.6 is 0 Å². The Balaban J connectivity index is 2.73. The molecule has 0 bridgehead atoms. The second-order valence-corrected chi connectivity index (χ2v) is 2.08. The fraction of sp³-hybridized carbons (Fsp3) is 0.125. The second-order valence-electron chi connectivity index (χ2n) is 2.08. The van der Waals surface area contributed by atoms with Crippen molar-refractivity contribution < 1.29 is 4.84 Å². The van der Waals surface area contributed by atoms with Crippen LogP contribution in [0.25, 0.3) is 0 Å². The fourth-order valence-electron chi connectivity index (χ4n) is 0.696. The third-order valence-corrected chi connectivity index (χ3v) is 1.24. The zero-order chi connectivity index (χ0) is 8.10.